The number of benzene rings is 1. The van der Waals surface area contributed by atoms with Gasteiger partial charge in [0.05, 0.1) is 13.7 Å². The highest BCUT2D eigenvalue weighted by molar-refractivity contribution is 6.61. The third kappa shape index (κ3) is 2.18. The van der Waals surface area contributed by atoms with E-state index in [0.717, 1.165) is 5.56 Å². The highest BCUT2D eigenvalue weighted by Crippen LogP contribution is 2.16. The van der Waals surface area contributed by atoms with Crippen LogP contribution >= 0.6 is 0 Å². The van der Waals surface area contributed by atoms with Crippen LogP contribution in [0, 0.1) is 0 Å². The molecule has 1 aromatic carbocycles. The number of ether oxygens (including phenoxy) is 2. The van der Waals surface area contributed by atoms with Crippen molar-refractivity contribution in [3.05, 3.63) is 23.8 Å². The van der Waals surface area contributed by atoms with E-state index in [4.69, 9.17) is 9.39 Å². The van der Waals surface area contributed by atoms with Crippen molar-refractivity contribution in [2.24, 2.45) is 0 Å². The Labute approximate surface area is 93.1 Å². The fraction of sp³-hybridized carbons (Fsp3) is 0.300. The van der Waals surface area contributed by atoms with Crippen molar-refractivity contribution in [2.75, 3.05) is 13.7 Å². The molecule has 0 saturated carbocycles. The lowest BCUT2D eigenvalue weighted by atomic mass is 9.79. The van der Waals surface area contributed by atoms with Gasteiger partial charge in [-0.05, 0) is 23.2 Å². The average molecular weight is 222 g/mol. The number of carbonyl (C=O) groups excluding carboxylic acids is 1. The van der Waals surface area contributed by atoms with Crippen LogP contribution in [-0.2, 0) is 20.8 Å². The van der Waals surface area contributed by atoms with E-state index in [1.807, 2.05) is 0 Å². The van der Waals surface area contributed by atoms with Gasteiger partial charge in [-0.2, -0.15) is 0 Å². The van der Waals surface area contributed by atoms with Crippen LogP contribution in [0.1, 0.15) is 5.56 Å². The van der Waals surface area contributed by atoms with Crippen LogP contribution in [0.3, 0.4) is 0 Å². The van der Waals surface area contributed by atoms with E-state index >= 15 is 0 Å². The van der Waals surface area contributed by atoms with Crippen molar-refractivity contribution >= 4 is 18.6 Å². The van der Waals surface area contributed by atoms with Gasteiger partial charge in [-0.3, -0.25) is 0 Å². The molecule has 5 nitrogen and oxygen atoms in total. The first-order valence-corrected chi connectivity index (χ1v) is 4.83. The topological polar surface area (TPSA) is 65.0 Å². The summed E-state index contributed by atoms with van der Waals surface area (Å²) in [7, 11) is 0.392. The highest BCUT2D eigenvalue weighted by Gasteiger charge is 2.27. The van der Waals surface area contributed by atoms with Crippen molar-refractivity contribution in [1.29, 1.82) is 0 Å². The molecule has 0 saturated heterocycles. The highest BCUT2D eigenvalue weighted by atomic mass is 16.6. The molecule has 0 radical (unpaired) electrons. The van der Waals surface area contributed by atoms with Gasteiger partial charge in [-0.25, -0.2) is 4.79 Å². The molecule has 6 heteroatoms. The van der Waals surface area contributed by atoms with Crippen molar-refractivity contribution in [3.8, 4) is 5.75 Å². The monoisotopic (exact) mass is 222 g/mol. The summed E-state index contributed by atoms with van der Waals surface area (Å²) in [5, 5.41) is 9.46. The van der Waals surface area contributed by atoms with E-state index in [1.165, 1.54) is 7.11 Å². The summed E-state index contributed by atoms with van der Waals surface area (Å²) in [6.07, 6.45) is 0. The molecule has 2 rings (SSSR count). The first-order valence-electron chi connectivity index (χ1n) is 4.83. The van der Waals surface area contributed by atoms with Gasteiger partial charge >= 0.3 is 13.1 Å². The maximum atomic E-state index is 10.9. The van der Waals surface area contributed by atoms with Crippen LogP contribution in [0.4, 0.5) is 0 Å². The van der Waals surface area contributed by atoms with Crippen LogP contribution in [0.15, 0.2) is 18.2 Å². The molecule has 0 unspecified atom stereocenters. The van der Waals surface area contributed by atoms with Crippen LogP contribution in [-0.4, -0.2) is 31.8 Å². The summed E-state index contributed by atoms with van der Waals surface area (Å²) in [5.74, 6) is 0.0611. The molecule has 1 heterocycles. The molecular formula is C10H11BO5. The molecule has 1 aliphatic rings. The lowest BCUT2D eigenvalue weighted by Gasteiger charge is -2.06. The standard InChI is InChI=1S/C10H11BO5/c1-14-10(12)6-15-8-3-2-7-5-16-11(13)9(7)4-8/h2-4,13H,5-6H2,1H3. The number of fused-ring (bicyclic) bond motifs is 1. The number of esters is 1. The summed E-state index contributed by atoms with van der Waals surface area (Å²) in [6, 6.07) is 5.19. The molecule has 1 aromatic rings. The molecule has 0 aromatic heterocycles. The Morgan fingerprint density at radius 1 is 1.62 bits per heavy atom. The van der Waals surface area contributed by atoms with E-state index < -0.39 is 13.1 Å². The summed E-state index contributed by atoms with van der Waals surface area (Å²) < 4.78 is 14.7. The second-order valence-corrected chi connectivity index (χ2v) is 3.39. The van der Waals surface area contributed by atoms with Crippen LogP contribution < -0.4 is 10.2 Å². The Hall–Kier alpha value is -1.53. The Balaban J connectivity index is 2.07. The molecule has 0 bridgehead atoms. The summed E-state index contributed by atoms with van der Waals surface area (Å²) >= 11 is 0. The van der Waals surface area contributed by atoms with Gasteiger partial charge in [0, 0.05) is 0 Å². The summed E-state index contributed by atoms with van der Waals surface area (Å²) in [4.78, 5) is 10.9. The smallest absolute Gasteiger partial charge is 0.482 e. The molecule has 0 fully saturated rings. The number of hydrogen-bond donors (Lipinski definition) is 1. The van der Waals surface area contributed by atoms with Gasteiger partial charge in [0.15, 0.2) is 6.61 Å². The van der Waals surface area contributed by atoms with Gasteiger partial charge < -0.3 is 19.2 Å². The second kappa shape index (κ2) is 4.55. The van der Waals surface area contributed by atoms with E-state index in [1.54, 1.807) is 18.2 Å². The fourth-order valence-corrected chi connectivity index (χ4v) is 1.48. The fourth-order valence-electron chi connectivity index (χ4n) is 1.48. The summed E-state index contributed by atoms with van der Waals surface area (Å²) in [6.45, 7) is 0.250. The van der Waals surface area contributed by atoms with Gasteiger partial charge in [-0.15, -0.1) is 0 Å². The minimum Gasteiger partial charge on any atom is -0.482 e. The molecular weight excluding hydrogens is 211 g/mol. The maximum absolute atomic E-state index is 10.9. The van der Waals surface area contributed by atoms with Crippen molar-refractivity contribution in [1.82, 2.24) is 0 Å². The molecule has 84 valence electrons. The quantitative estimate of drug-likeness (QED) is 0.549. The zero-order chi connectivity index (χ0) is 11.5. The number of carbonyl (C=O) groups is 1. The Morgan fingerprint density at radius 3 is 3.19 bits per heavy atom. The normalized spacial score (nSPS) is 13.5. The largest absolute Gasteiger partial charge is 0.491 e. The van der Waals surface area contributed by atoms with Gasteiger partial charge in [0.25, 0.3) is 0 Å². The van der Waals surface area contributed by atoms with E-state index in [-0.39, 0.29) is 6.61 Å². The molecule has 1 aliphatic heterocycles. The first-order chi connectivity index (χ1) is 7.70. The van der Waals surface area contributed by atoms with Crippen LogP contribution in [0.5, 0.6) is 5.75 Å². The number of hydrogen-bond acceptors (Lipinski definition) is 5. The van der Waals surface area contributed by atoms with E-state index in [0.29, 0.717) is 17.8 Å². The summed E-state index contributed by atoms with van der Waals surface area (Å²) in [5.41, 5.74) is 1.61. The average Bonchev–Trinajstić information content (AvgIpc) is 2.68. The van der Waals surface area contributed by atoms with E-state index in [9.17, 15) is 9.82 Å². The predicted octanol–water partition coefficient (Wildman–Crippen LogP) is -0.544. The van der Waals surface area contributed by atoms with Crippen LogP contribution in [0.25, 0.3) is 0 Å². The zero-order valence-corrected chi connectivity index (χ0v) is 8.80. The molecule has 0 amide bonds. The molecule has 0 aliphatic carbocycles. The van der Waals surface area contributed by atoms with E-state index in [2.05, 4.69) is 4.74 Å². The number of rotatable bonds is 3. The Morgan fingerprint density at radius 2 is 2.44 bits per heavy atom. The third-order valence-corrected chi connectivity index (χ3v) is 2.36. The van der Waals surface area contributed by atoms with Gasteiger partial charge in [0.1, 0.15) is 5.75 Å². The van der Waals surface area contributed by atoms with Crippen molar-refractivity contribution in [2.45, 2.75) is 6.61 Å². The molecule has 16 heavy (non-hydrogen) atoms. The third-order valence-electron chi connectivity index (χ3n) is 2.36. The lowest BCUT2D eigenvalue weighted by Crippen LogP contribution is -2.28. The molecule has 1 N–H and O–H groups in total. The van der Waals surface area contributed by atoms with Crippen LogP contribution in [0.2, 0.25) is 0 Å². The minimum absolute atomic E-state index is 0.147. The lowest BCUT2D eigenvalue weighted by molar-refractivity contribution is -0.142. The number of methoxy groups -OCH3 is 1. The van der Waals surface area contributed by atoms with Crippen molar-refractivity contribution in [3.63, 3.8) is 0 Å². The van der Waals surface area contributed by atoms with Crippen molar-refractivity contribution < 1.29 is 23.9 Å². The zero-order valence-electron chi connectivity index (χ0n) is 8.80. The Bertz CT molecular complexity index is 406. The molecule has 0 atom stereocenters. The molecule has 0 spiro atoms. The minimum atomic E-state index is -0.906. The Kier molecular flexibility index (Phi) is 3.12. The second-order valence-electron chi connectivity index (χ2n) is 3.39. The first kappa shape index (κ1) is 11.0. The van der Waals surface area contributed by atoms with Gasteiger partial charge in [0.2, 0.25) is 0 Å². The van der Waals surface area contributed by atoms with Gasteiger partial charge in [-0.1, -0.05) is 6.07 Å². The predicted molar refractivity (Wildman–Crippen MR) is 56.3 cm³/mol. The maximum Gasteiger partial charge on any atom is 0.491 e. The SMILES string of the molecule is COC(=O)COc1ccc2c(c1)B(O)OC2.